The highest BCUT2D eigenvalue weighted by Crippen LogP contribution is 2.33. The number of ether oxygens (including phenoxy) is 2. The molecule has 1 fully saturated rings. The first-order valence-corrected chi connectivity index (χ1v) is 9.59. The third kappa shape index (κ3) is 3.59. The number of hydrogen-bond donors (Lipinski definition) is 1. The number of carbonyl (C=O) groups excluding carboxylic acids is 1. The predicted octanol–water partition coefficient (Wildman–Crippen LogP) is 2.99. The van der Waals surface area contributed by atoms with Crippen molar-refractivity contribution in [1.82, 2.24) is 9.97 Å². The minimum absolute atomic E-state index is 0.00438. The van der Waals surface area contributed by atoms with E-state index in [0.29, 0.717) is 43.5 Å². The summed E-state index contributed by atoms with van der Waals surface area (Å²) in [5.41, 5.74) is 2.63. The lowest BCUT2D eigenvalue weighted by Crippen LogP contribution is -2.52. The topological polar surface area (TPSA) is 76.6 Å². The van der Waals surface area contributed by atoms with Crippen LogP contribution in [0.3, 0.4) is 0 Å². The molecule has 1 amide bonds. The number of amides is 1. The summed E-state index contributed by atoms with van der Waals surface area (Å²) in [6.07, 6.45) is 1.57. The van der Waals surface area contributed by atoms with Gasteiger partial charge in [0, 0.05) is 36.5 Å². The number of rotatable bonds is 4. The molecule has 0 spiro atoms. The number of hydrogen-bond acceptors (Lipinski definition) is 6. The van der Waals surface area contributed by atoms with Crippen LogP contribution in [-0.2, 0) is 4.79 Å². The summed E-state index contributed by atoms with van der Waals surface area (Å²) in [5.74, 6) is 2.12. The molecule has 2 aliphatic rings. The van der Waals surface area contributed by atoms with E-state index < -0.39 is 0 Å². The van der Waals surface area contributed by atoms with E-state index in [1.165, 1.54) is 0 Å². The standard InChI is InChI=1S/C22H20N4O3/c27-22(25-17-6-7-19-20(10-17)29-9-8-28-19)16-12-26(13-16)21-11-18(23-14-24-21)15-4-2-1-3-5-15/h1-7,10-11,14,16H,8-9,12-13H2,(H,25,27). The predicted molar refractivity (Wildman–Crippen MR) is 109 cm³/mol. The smallest absolute Gasteiger partial charge is 0.231 e. The van der Waals surface area contributed by atoms with Gasteiger partial charge in [-0.25, -0.2) is 9.97 Å². The van der Waals surface area contributed by atoms with E-state index in [-0.39, 0.29) is 11.8 Å². The Kier molecular flexibility index (Phi) is 4.48. The molecular weight excluding hydrogens is 368 g/mol. The van der Waals surface area contributed by atoms with Gasteiger partial charge in [-0.2, -0.15) is 0 Å². The molecule has 3 heterocycles. The number of anilines is 2. The molecule has 7 nitrogen and oxygen atoms in total. The Hall–Kier alpha value is -3.61. The van der Waals surface area contributed by atoms with E-state index in [9.17, 15) is 4.79 Å². The van der Waals surface area contributed by atoms with Gasteiger partial charge in [0.2, 0.25) is 5.91 Å². The Bertz CT molecular complexity index is 1040. The quantitative estimate of drug-likeness (QED) is 0.741. The molecule has 0 saturated carbocycles. The van der Waals surface area contributed by atoms with Crippen LogP contribution in [0.5, 0.6) is 11.5 Å². The van der Waals surface area contributed by atoms with Gasteiger partial charge in [-0.05, 0) is 12.1 Å². The zero-order valence-corrected chi connectivity index (χ0v) is 15.7. The molecule has 29 heavy (non-hydrogen) atoms. The Labute approximate surface area is 168 Å². The minimum atomic E-state index is -0.0849. The van der Waals surface area contributed by atoms with Crippen molar-refractivity contribution in [2.45, 2.75) is 0 Å². The van der Waals surface area contributed by atoms with E-state index in [4.69, 9.17) is 9.47 Å². The van der Waals surface area contributed by atoms with E-state index in [2.05, 4.69) is 20.2 Å². The summed E-state index contributed by atoms with van der Waals surface area (Å²) < 4.78 is 11.1. The Balaban J connectivity index is 1.21. The molecule has 1 saturated heterocycles. The van der Waals surface area contributed by atoms with E-state index in [0.717, 1.165) is 17.1 Å². The molecule has 1 aromatic heterocycles. The molecule has 0 atom stereocenters. The molecule has 7 heteroatoms. The number of nitrogens with one attached hydrogen (secondary N) is 1. The van der Waals surface area contributed by atoms with E-state index >= 15 is 0 Å². The lowest BCUT2D eigenvalue weighted by atomic mass is 9.98. The van der Waals surface area contributed by atoms with Gasteiger partial charge in [0.25, 0.3) is 0 Å². The molecule has 3 aromatic rings. The van der Waals surface area contributed by atoms with Gasteiger partial charge in [0.05, 0.1) is 11.6 Å². The highest BCUT2D eigenvalue weighted by molar-refractivity contribution is 5.94. The summed E-state index contributed by atoms with van der Waals surface area (Å²) in [4.78, 5) is 23.4. The number of fused-ring (bicyclic) bond motifs is 1. The number of aromatic nitrogens is 2. The van der Waals surface area contributed by atoms with Crippen molar-refractivity contribution in [2.75, 3.05) is 36.5 Å². The first-order valence-electron chi connectivity index (χ1n) is 9.59. The van der Waals surface area contributed by atoms with Gasteiger partial charge in [0.15, 0.2) is 11.5 Å². The maximum absolute atomic E-state index is 12.6. The zero-order chi connectivity index (χ0) is 19.6. The van der Waals surface area contributed by atoms with Crippen molar-refractivity contribution in [3.63, 3.8) is 0 Å². The highest BCUT2D eigenvalue weighted by Gasteiger charge is 2.33. The second-order valence-corrected chi connectivity index (χ2v) is 7.08. The fourth-order valence-electron chi connectivity index (χ4n) is 3.48. The molecule has 0 unspecified atom stereocenters. The third-order valence-corrected chi connectivity index (χ3v) is 5.11. The fourth-order valence-corrected chi connectivity index (χ4v) is 3.48. The Morgan fingerprint density at radius 2 is 1.76 bits per heavy atom. The lowest BCUT2D eigenvalue weighted by molar-refractivity contribution is -0.120. The van der Waals surface area contributed by atoms with Crippen molar-refractivity contribution >= 4 is 17.4 Å². The van der Waals surface area contributed by atoms with Crippen LogP contribution >= 0.6 is 0 Å². The Morgan fingerprint density at radius 1 is 0.966 bits per heavy atom. The molecule has 146 valence electrons. The molecule has 0 bridgehead atoms. The van der Waals surface area contributed by atoms with Gasteiger partial charge in [-0.1, -0.05) is 30.3 Å². The average Bonchev–Trinajstić information content (AvgIpc) is 2.73. The van der Waals surface area contributed by atoms with Crippen LogP contribution in [0.15, 0.2) is 60.9 Å². The number of benzene rings is 2. The summed E-state index contributed by atoms with van der Waals surface area (Å²) in [7, 11) is 0. The van der Waals surface area contributed by atoms with E-state index in [1.807, 2.05) is 48.5 Å². The van der Waals surface area contributed by atoms with Gasteiger partial charge >= 0.3 is 0 Å². The van der Waals surface area contributed by atoms with Gasteiger partial charge in [-0.3, -0.25) is 4.79 Å². The normalized spacial score (nSPS) is 15.5. The fraction of sp³-hybridized carbons (Fsp3) is 0.227. The molecule has 2 aromatic carbocycles. The molecule has 0 radical (unpaired) electrons. The van der Waals surface area contributed by atoms with Crippen molar-refractivity contribution in [2.24, 2.45) is 5.92 Å². The highest BCUT2D eigenvalue weighted by atomic mass is 16.6. The van der Waals surface area contributed by atoms with Crippen molar-refractivity contribution in [3.05, 3.63) is 60.9 Å². The van der Waals surface area contributed by atoms with Crippen molar-refractivity contribution < 1.29 is 14.3 Å². The van der Waals surface area contributed by atoms with Crippen LogP contribution in [0.25, 0.3) is 11.3 Å². The third-order valence-electron chi connectivity index (χ3n) is 5.11. The van der Waals surface area contributed by atoms with Crippen molar-refractivity contribution in [3.8, 4) is 22.8 Å². The summed E-state index contributed by atoms with van der Waals surface area (Å²) >= 11 is 0. The molecule has 0 aliphatic carbocycles. The summed E-state index contributed by atoms with van der Waals surface area (Å²) in [5, 5.41) is 2.97. The molecular formula is C22H20N4O3. The summed E-state index contributed by atoms with van der Waals surface area (Å²) in [6, 6.07) is 17.4. The largest absolute Gasteiger partial charge is 0.486 e. The maximum atomic E-state index is 12.6. The van der Waals surface area contributed by atoms with Crippen LogP contribution in [0, 0.1) is 5.92 Å². The second-order valence-electron chi connectivity index (χ2n) is 7.08. The van der Waals surface area contributed by atoms with E-state index in [1.54, 1.807) is 12.4 Å². The van der Waals surface area contributed by atoms with Crippen LogP contribution < -0.4 is 19.7 Å². The van der Waals surface area contributed by atoms with Crippen LogP contribution in [0.1, 0.15) is 0 Å². The van der Waals surface area contributed by atoms with Crippen LogP contribution in [0.2, 0.25) is 0 Å². The SMILES string of the molecule is O=C(Nc1ccc2c(c1)OCCO2)C1CN(c2cc(-c3ccccc3)ncn2)C1. The minimum Gasteiger partial charge on any atom is -0.486 e. The lowest BCUT2D eigenvalue weighted by Gasteiger charge is -2.39. The molecule has 1 N–H and O–H groups in total. The number of nitrogens with zero attached hydrogens (tertiary/aromatic N) is 3. The van der Waals surface area contributed by atoms with Crippen LogP contribution in [-0.4, -0.2) is 42.2 Å². The maximum Gasteiger partial charge on any atom is 0.231 e. The van der Waals surface area contributed by atoms with Gasteiger partial charge in [-0.15, -0.1) is 0 Å². The van der Waals surface area contributed by atoms with Gasteiger partial charge in [0.1, 0.15) is 25.4 Å². The zero-order valence-electron chi connectivity index (χ0n) is 15.7. The Morgan fingerprint density at radius 3 is 2.59 bits per heavy atom. The van der Waals surface area contributed by atoms with Crippen LogP contribution in [0.4, 0.5) is 11.5 Å². The van der Waals surface area contributed by atoms with Crippen molar-refractivity contribution in [1.29, 1.82) is 0 Å². The molecule has 2 aliphatic heterocycles. The number of carbonyl (C=O) groups is 1. The van der Waals surface area contributed by atoms with Gasteiger partial charge < -0.3 is 19.7 Å². The molecule has 5 rings (SSSR count). The first-order chi connectivity index (χ1) is 14.3. The monoisotopic (exact) mass is 388 g/mol. The average molecular weight is 388 g/mol. The second kappa shape index (κ2) is 7.43. The first kappa shape index (κ1) is 17.5. The summed E-state index contributed by atoms with van der Waals surface area (Å²) in [6.45, 7) is 2.32.